The SMILES string of the molecule is CCN(CC)C(=O)[C@H](C)NC(=O)c1cc(C2CC2)nc2onc(C)c12. The molecule has 0 unspecified atom stereocenters. The molecule has 0 aliphatic heterocycles. The predicted molar refractivity (Wildman–Crippen MR) is 93.4 cm³/mol. The van der Waals surface area contributed by atoms with Crippen LogP contribution in [0.25, 0.3) is 11.1 Å². The third-order valence-electron chi connectivity index (χ3n) is 4.67. The second-order valence-corrected chi connectivity index (χ2v) is 6.52. The first-order valence-corrected chi connectivity index (χ1v) is 8.82. The summed E-state index contributed by atoms with van der Waals surface area (Å²) in [5, 5.41) is 7.36. The van der Waals surface area contributed by atoms with Crippen molar-refractivity contribution < 1.29 is 14.1 Å². The largest absolute Gasteiger partial charge is 0.341 e. The zero-order valence-corrected chi connectivity index (χ0v) is 15.1. The molecule has 2 heterocycles. The van der Waals surface area contributed by atoms with E-state index in [1.807, 2.05) is 19.9 Å². The van der Waals surface area contributed by atoms with Crippen molar-refractivity contribution in [3.8, 4) is 0 Å². The summed E-state index contributed by atoms with van der Waals surface area (Å²) >= 11 is 0. The fraction of sp³-hybridized carbons (Fsp3) is 0.556. The van der Waals surface area contributed by atoms with Crippen molar-refractivity contribution in [2.24, 2.45) is 0 Å². The quantitative estimate of drug-likeness (QED) is 0.869. The van der Waals surface area contributed by atoms with Crippen molar-refractivity contribution in [3.05, 3.63) is 23.0 Å². The van der Waals surface area contributed by atoms with E-state index in [4.69, 9.17) is 4.52 Å². The van der Waals surface area contributed by atoms with E-state index in [-0.39, 0.29) is 11.8 Å². The Morgan fingerprint density at radius 3 is 2.64 bits per heavy atom. The monoisotopic (exact) mass is 344 g/mol. The minimum absolute atomic E-state index is 0.0897. The van der Waals surface area contributed by atoms with Crippen LogP contribution in [0.1, 0.15) is 61.3 Å². The van der Waals surface area contributed by atoms with Crippen LogP contribution in [0.2, 0.25) is 0 Å². The van der Waals surface area contributed by atoms with E-state index in [2.05, 4.69) is 15.5 Å². The Bertz CT molecular complexity index is 806. The molecule has 7 nitrogen and oxygen atoms in total. The highest BCUT2D eigenvalue weighted by atomic mass is 16.5. The fourth-order valence-corrected chi connectivity index (χ4v) is 3.03. The number of nitrogens with one attached hydrogen (secondary N) is 1. The summed E-state index contributed by atoms with van der Waals surface area (Å²) in [6.07, 6.45) is 2.15. The van der Waals surface area contributed by atoms with E-state index in [0.29, 0.717) is 41.4 Å². The van der Waals surface area contributed by atoms with E-state index in [9.17, 15) is 9.59 Å². The summed E-state index contributed by atoms with van der Waals surface area (Å²) in [6.45, 7) is 8.57. The van der Waals surface area contributed by atoms with Gasteiger partial charge in [-0.1, -0.05) is 5.16 Å². The van der Waals surface area contributed by atoms with Gasteiger partial charge in [-0.2, -0.15) is 0 Å². The highest BCUT2D eigenvalue weighted by molar-refractivity contribution is 6.07. The summed E-state index contributed by atoms with van der Waals surface area (Å²) in [5.74, 6) is -0.00204. The molecule has 0 saturated heterocycles. The number of rotatable bonds is 6. The van der Waals surface area contributed by atoms with Gasteiger partial charge in [-0.05, 0) is 46.6 Å². The number of fused-ring (bicyclic) bond motifs is 1. The zero-order valence-electron chi connectivity index (χ0n) is 15.1. The van der Waals surface area contributed by atoms with Crippen LogP contribution in [-0.2, 0) is 4.79 Å². The molecule has 1 aliphatic rings. The van der Waals surface area contributed by atoms with Crippen LogP contribution in [0.15, 0.2) is 10.6 Å². The smallest absolute Gasteiger partial charge is 0.259 e. The predicted octanol–water partition coefficient (Wildman–Crippen LogP) is 2.40. The van der Waals surface area contributed by atoms with Gasteiger partial charge in [0.15, 0.2) is 0 Å². The number of likely N-dealkylation sites (N-methyl/N-ethyl adjacent to an activating group) is 1. The van der Waals surface area contributed by atoms with E-state index in [1.54, 1.807) is 18.7 Å². The standard InChI is InChI=1S/C18H24N4O3/c1-5-22(6-2)18(24)11(4)19-16(23)13-9-14(12-7-8-12)20-17-15(13)10(3)21-25-17/h9,11-12H,5-8H2,1-4H3,(H,19,23)/t11-/m0/s1. The lowest BCUT2D eigenvalue weighted by molar-refractivity contribution is -0.132. The number of aryl methyl sites for hydroxylation is 1. The van der Waals surface area contributed by atoms with Crippen LogP contribution in [0, 0.1) is 6.92 Å². The normalized spacial score (nSPS) is 15.2. The molecular formula is C18H24N4O3. The molecule has 1 atom stereocenters. The van der Waals surface area contributed by atoms with Crippen LogP contribution in [0.3, 0.4) is 0 Å². The number of carbonyl (C=O) groups excluding carboxylic acids is 2. The van der Waals surface area contributed by atoms with Gasteiger partial charge in [0.25, 0.3) is 11.6 Å². The van der Waals surface area contributed by atoms with Gasteiger partial charge in [0.05, 0.1) is 16.6 Å². The minimum Gasteiger partial charge on any atom is -0.341 e. The molecule has 1 N–H and O–H groups in total. The number of hydrogen-bond acceptors (Lipinski definition) is 5. The molecule has 7 heteroatoms. The Morgan fingerprint density at radius 2 is 2.04 bits per heavy atom. The number of aromatic nitrogens is 2. The third-order valence-corrected chi connectivity index (χ3v) is 4.67. The molecule has 0 bridgehead atoms. The second kappa shape index (κ2) is 6.82. The maximum Gasteiger partial charge on any atom is 0.259 e. The topological polar surface area (TPSA) is 88.3 Å². The Morgan fingerprint density at radius 1 is 1.36 bits per heavy atom. The summed E-state index contributed by atoms with van der Waals surface area (Å²) in [7, 11) is 0. The molecule has 1 fully saturated rings. The zero-order chi connectivity index (χ0) is 18.1. The first kappa shape index (κ1) is 17.4. The fourth-order valence-electron chi connectivity index (χ4n) is 3.03. The average molecular weight is 344 g/mol. The van der Waals surface area contributed by atoms with Crippen molar-refractivity contribution in [1.29, 1.82) is 0 Å². The molecule has 1 aliphatic carbocycles. The number of amides is 2. The molecule has 2 aromatic rings. The maximum atomic E-state index is 12.8. The van der Waals surface area contributed by atoms with Crippen molar-refractivity contribution >= 4 is 22.9 Å². The van der Waals surface area contributed by atoms with Gasteiger partial charge < -0.3 is 14.7 Å². The molecule has 0 spiro atoms. The maximum absolute atomic E-state index is 12.8. The molecule has 134 valence electrons. The lowest BCUT2D eigenvalue weighted by Gasteiger charge is -2.23. The van der Waals surface area contributed by atoms with Gasteiger partial charge in [-0.15, -0.1) is 0 Å². The second-order valence-electron chi connectivity index (χ2n) is 6.52. The summed E-state index contributed by atoms with van der Waals surface area (Å²) < 4.78 is 5.27. The van der Waals surface area contributed by atoms with E-state index in [1.165, 1.54) is 0 Å². The minimum atomic E-state index is -0.597. The highest BCUT2D eigenvalue weighted by Gasteiger charge is 2.29. The lowest BCUT2D eigenvalue weighted by Crippen LogP contribution is -2.46. The number of nitrogens with zero attached hydrogens (tertiary/aromatic N) is 3. The molecule has 2 aromatic heterocycles. The summed E-state index contributed by atoms with van der Waals surface area (Å²) in [4.78, 5) is 31.4. The van der Waals surface area contributed by atoms with Crippen LogP contribution >= 0.6 is 0 Å². The van der Waals surface area contributed by atoms with Gasteiger partial charge in [0, 0.05) is 24.7 Å². The molecule has 0 aromatic carbocycles. The van der Waals surface area contributed by atoms with Crippen molar-refractivity contribution in [2.45, 2.75) is 52.5 Å². The molecule has 3 rings (SSSR count). The van der Waals surface area contributed by atoms with Crippen LogP contribution in [0.4, 0.5) is 0 Å². The van der Waals surface area contributed by atoms with Gasteiger partial charge in [-0.25, -0.2) is 4.98 Å². The summed E-state index contributed by atoms with van der Waals surface area (Å²) in [6, 6.07) is 1.22. The molecule has 0 radical (unpaired) electrons. The number of hydrogen-bond donors (Lipinski definition) is 1. The molecular weight excluding hydrogens is 320 g/mol. The van der Waals surface area contributed by atoms with Crippen molar-refractivity contribution in [1.82, 2.24) is 20.4 Å². The number of pyridine rings is 1. The van der Waals surface area contributed by atoms with Crippen LogP contribution in [0.5, 0.6) is 0 Å². The Labute approximate surface area is 146 Å². The first-order valence-electron chi connectivity index (χ1n) is 8.82. The molecule has 1 saturated carbocycles. The highest BCUT2D eigenvalue weighted by Crippen LogP contribution is 2.40. The first-order chi connectivity index (χ1) is 12.0. The van der Waals surface area contributed by atoms with Gasteiger partial charge >= 0.3 is 0 Å². The van der Waals surface area contributed by atoms with Gasteiger partial charge in [0.1, 0.15) is 6.04 Å². The third kappa shape index (κ3) is 3.36. The van der Waals surface area contributed by atoms with Gasteiger partial charge in [-0.3, -0.25) is 9.59 Å². The molecule has 2 amide bonds. The Kier molecular flexibility index (Phi) is 4.74. The van der Waals surface area contributed by atoms with Gasteiger partial charge in [0.2, 0.25) is 5.91 Å². The Hall–Kier alpha value is -2.44. The van der Waals surface area contributed by atoms with E-state index >= 15 is 0 Å². The van der Waals surface area contributed by atoms with Crippen molar-refractivity contribution in [3.63, 3.8) is 0 Å². The average Bonchev–Trinajstić information content (AvgIpc) is 3.39. The van der Waals surface area contributed by atoms with Crippen LogP contribution < -0.4 is 5.32 Å². The molecule has 25 heavy (non-hydrogen) atoms. The van der Waals surface area contributed by atoms with E-state index in [0.717, 1.165) is 18.5 Å². The lowest BCUT2D eigenvalue weighted by atomic mass is 10.1. The van der Waals surface area contributed by atoms with E-state index < -0.39 is 6.04 Å². The Balaban J connectivity index is 1.88. The van der Waals surface area contributed by atoms with Crippen LogP contribution in [-0.4, -0.2) is 46.0 Å². The van der Waals surface area contributed by atoms with Crippen molar-refractivity contribution in [2.75, 3.05) is 13.1 Å². The number of carbonyl (C=O) groups is 2. The summed E-state index contributed by atoms with van der Waals surface area (Å²) in [5.41, 5.74) is 2.34.